The van der Waals surface area contributed by atoms with Gasteiger partial charge in [0.15, 0.2) is 18.6 Å². The summed E-state index contributed by atoms with van der Waals surface area (Å²) in [5, 5.41) is 13.8. The predicted molar refractivity (Wildman–Crippen MR) is 375 cm³/mol. The maximum atomic E-state index is 8.14. The summed E-state index contributed by atoms with van der Waals surface area (Å²) in [6.07, 6.45) is 7.46. The van der Waals surface area contributed by atoms with E-state index in [-0.39, 0.29) is 0 Å². The first-order chi connectivity index (χ1) is 46.7. The van der Waals surface area contributed by atoms with Crippen molar-refractivity contribution < 1.29 is 35.2 Å². The molecule has 0 amide bonds. The molecule has 440 valence electrons. The number of fused-ring (bicyclic) bond motifs is 15. The molecule has 17 aromatic rings. The third kappa shape index (κ3) is 9.67. The van der Waals surface area contributed by atoms with Gasteiger partial charge in [0.25, 0.3) is 0 Å². The first kappa shape index (κ1) is 49.9. The Morgan fingerprint density at radius 2 is 0.813 bits per heavy atom. The molecule has 0 bridgehead atoms. The van der Waals surface area contributed by atoms with Gasteiger partial charge in [-0.1, -0.05) is 140 Å². The van der Waals surface area contributed by atoms with Crippen LogP contribution in [0.4, 0.5) is 0 Å². The second-order valence-electron chi connectivity index (χ2n) is 24.1. The number of aryl methyl sites for hydroxylation is 10. The minimum Gasteiger partial charge on any atom is -0.456 e. The van der Waals surface area contributed by atoms with Gasteiger partial charge >= 0.3 is 0 Å². The molecule has 7 nitrogen and oxygen atoms in total. The predicted octanol–water partition coefficient (Wildman–Crippen LogP) is 20.6. The van der Waals surface area contributed by atoms with E-state index in [9.17, 15) is 0 Å². The van der Waals surface area contributed by atoms with Crippen molar-refractivity contribution in [3.05, 3.63) is 276 Å². The highest BCUT2D eigenvalue weighted by molar-refractivity contribution is 6.22. The molecular weight excluding hydrogens is 1110 g/mol. The SMILES string of the molecule is Cc1cc[n+](C)c(-c2ccc3c(oc4ncc5ccccc5c43)c2C)c1.[2H]C([2H])([2H])c1c[n+](C)c(-c2ccc3c(oc4cc(C)c5ccccc5c43)c2C)cc1-c1ccccc1.[2H]C([2H])([2H])c1c[n+](C)c(-c2ccc3c(oc4ccc5ccccc5c43)c2C)cc1-c1ccccc1. The second kappa shape index (κ2) is 22.5. The van der Waals surface area contributed by atoms with Gasteiger partial charge in [0.05, 0.1) is 22.1 Å². The summed E-state index contributed by atoms with van der Waals surface area (Å²) in [6, 6.07) is 72.0. The number of rotatable bonds is 5. The fourth-order valence-electron chi connectivity index (χ4n) is 13.7. The Morgan fingerprint density at radius 3 is 1.38 bits per heavy atom. The summed E-state index contributed by atoms with van der Waals surface area (Å²) in [5.41, 5.74) is 20.9. The van der Waals surface area contributed by atoms with Crippen molar-refractivity contribution in [2.24, 2.45) is 21.1 Å². The third-order valence-corrected chi connectivity index (χ3v) is 18.4. The lowest BCUT2D eigenvalue weighted by Crippen LogP contribution is -2.31. The van der Waals surface area contributed by atoms with Gasteiger partial charge in [-0.05, 0) is 157 Å². The van der Waals surface area contributed by atoms with Crippen LogP contribution in [0.25, 0.3) is 154 Å². The van der Waals surface area contributed by atoms with Crippen molar-refractivity contribution in [1.82, 2.24) is 4.98 Å². The molecule has 91 heavy (non-hydrogen) atoms. The van der Waals surface area contributed by atoms with Crippen LogP contribution in [0.15, 0.2) is 250 Å². The molecule has 0 aliphatic carbocycles. The van der Waals surface area contributed by atoms with Gasteiger partial charge in [0.1, 0.15) is 49.1 Å². The molecule has 0 N–H and O–H groups in total. The number of pyridine rings is 4. The molecule has 7 heterocycles. The molecule has 0 spiro atoms. The fraction of sp³-hybridized carbons (Fsp3) is 0.119. The Bertz CT molecular complexity index is 6030. The summed E-state index contributed by atoms with van der Waals surface area (Å²) < 4.78 is 73.8. The monoisotopic (exact) mass is 1190 g/mol. The van der Waals surface area contributed by atoms with Gasteiger partial charge in [0.2, 0.25) is 22.8 Å². The average molecular weight is 1190 g/mol. The molecule has 0 unspecified atom stereocenters. The van der Waals surface area contributed by atoms with Gasteiger partial charge in [-0.25, -0.2) is 18.7 Å². The normalized spacial score (nSPS) is 12.9. The minimum absolute atomic E-state index is 0.337. The number of hydrogen-bond acceptors (Lipinski definition) is 4. The molecular formula is C84H69N4O3+3. The molecule has 0 saturated carbocycles. The van der Waals surface area contributed by atoms with E-state index in [4.69, 9.17) is 21.5 Å². The van der Waals surface area contributed by atoms with Crippen molar-refractivity contribution in [2.45, 2.75) is 48.3 Å². The molecule has 0 saturated heterocycles. The van der Waals surface area contributed by atoms with Crippen molar-refractivity contribution in [3.8, 4) is 56.0 Å². The Morgan fingerprint density at radius 1 is 0.352 bits per heavy atom. The van der Waals surface area contributed by atoms with Crippen molar-refractivity contribution in [1.29, 1.82) is 0 Å². The first-order valence-electron chi connectivity index (χ1n) is 33.7. The van der Waals surface area contributed by atoms with Crippen LogP contribution in [-0.4, -0.2) is 4.98 Å². The molecule has 0 fully saturated rings. The van der Waals surface area contributed by atoms with Crippen LogP contribution in [-0.2, 0) is 21.1 Å². The smallest absolute Gasteiger partial charge is 0.227 e. The Kier molecular flexibility index (Phi) is 12.4. The number of aromatic nitrogens is 4. The van der Waals surface area contributed by atoms with Crippen molar-refractivity contribution in [2.75, 3.05) is 0 Å². The lowest BCUT2D eigenvalue weighted by molar-refractivity contribution is -0.660. The quantitative estimate of drug-likeness (QED) is 0.161. The van der Waals surface area contributed by atoms with Crippen molar-refractivity contribution >= 4 is 98.3 Å². The lowest BCUT2D eigenvalue weighted by atomic mass is 9.95. The maximum Gasteiger partial charge on any atom is 0.227 e. The average Bonchev–Trinajstić information content (AvgIpc) is 1.63. The van der Waals surface area contributed by atoms with E-state index < -0.39 is 13.7 Å². The lowest BCUT2D eigenvalue weighted by Gasteiger charge is -2.10. The Hall–Kier alpha value is -11.0. The van der Waals surface area contributed by atoms with Crippen LogP contribution in [0.1, 0.15) is 47.2 Å². The van der Waals surface area contributed by atoms with Crippen molar-refractivity contribution in [3.63, 3.8) is 0 Å². The highest BCUT2D eigenvalue weighted by Crippen LogP contribution is 2.43. The van der Waals surface area contributed by atoms with Crippen LogP contribution in [0.5, 0.6) is 0 Å². The topological polar surface area (TPSA) is 64.0 Å². The molecule has 7 heteroatoms. The number of benzene rings is 10. The van der Waals surface area contributed by atoms with Gasteiger partial charge in [-0.3, -0.25) is 0 Å². The van der Waals surface area contributed by atoms with Gasteiger partial charge < -0.3 is 13.3 Å². The molecule has 17 rings (SSSR count). The zero-order valence-electron chi connectivity index (χ0n) is 58.0. The molecule has 10 aromatic carbocycles. The van der Waals surface area contributed by atoms with Crippen LogP contribution in [0.2, 0.25) is 0 Å². The summed E-state index contributed by atoms with van der Waals surface area (Å²) in [4.78, 5) is 4.55. The van der Waals surface area contributed by atoms with E-state index in [0.717, 1.165) is 122 Å². The van der Waals surface area contributed by atoms with E-state index in [0.29, 0.717) is 22.4 Å². The number of furan rings is 3. The fourth-order valence-corrected chi connectivity index (χ4v) is 13.7. The molecule has 0 aliphatic rings. The van der Waals surface area contributed by atoms with E-state index in [1.807, 2.05) is 120 Å². The molecule has 0 aliphatic heterocycles. The van der Waals surface area contributed by atoms with Crippen LogP contribution >= 0.6 is 0 Å². The van der Waals surface area contributed by atoms with Gasteiger partial charge in [0, 0.05) is 98.8 Å². The molecule has 7 aromatic heterocycles. The molecule has 0 radical (unpaired) electrons. The summed E-state index contributed by atoms with van der Waals surface area (Å²) in [7, 11) is 5.87. The van der Waals surface area contributed by atoms with Crippen LogP contribution < -0.4 is 13.7 Å². The zero-order valence-corrected chi connectivity index (χ0v) is 52.0. The maximum absolute atomic E-state index is 8.14. The zero-order chi connectivity index (χ0) is 67.3. The third-order valence-electron chi connectivity index (χ3n) is 18.4. The van der Waals surface area contributed by atoms with Gasteiger partial charge in [-0.2, -0.15) is 0 Å². The van der Waals surface area contributed by atoms with Crippen LogP contribution in [0, 0.1) is 48.3 Å². The number of nitrogens with zero attached hydrogens (tertiary/aromatic N) is 4. The summed E-state index contributed by atoms with van der Waals surface area (Å²) in [5.74, 6) is 0. The Balaban J connectivity index is 0.000000121. The van der Waals surface area contributed by atoms with E-state index in [2.05, 4.69) is 179 Å². The van der Waals surface area contributed by atoms with E-state index in [1.165, 1.54) is 49.3 Å². The number of hydrogen-bond donors (Lipinski definition) is 0. The highest BCUT2D eigenvalue weighted by Gasteiger charge is 2.25. The first-order valence-corrected chi connectivity index (χ1v) is 30.7. The summed E-state index contributed by atoms with van der Waals surface area (Å²) >= 11 is 0. The van der Waals surface area contributed by atoms with E-state index in [1.54, 1.807) is 12.4 Å². The van der Waals surface area contributed by atoms with Gasteiger partial charge in [-0.15, -0.1) is 0 Å². The standard InChI is InChI=1S/C31H26NO.C30H24NO.C23H19N2O/c1-19-16-29-30(25-13-9-8-12-23(19)25)26-15-14-24(21(3)31(26)33-29)28-17-27(20(2)18-32(28)4)22-10-6-5-7-11-22;1-19-18-31(3)27(17-26(19)21-9-5-4-6-10-21)23-14-15-25-29-24-12-8-7-11-22(24)13-16-28(29)32-30(25)20(23)2;1-14-10-11-25(3)20(12-14)17-8-9-19-21-18-7-5-4-6-16(18)13-24-23(21)26-22(19)15(17)2/h5-18H,1-4H3;4-18H,1-3H3;4-13H,1-3H3/q3*+1/i2D3;1D3;. The Labute approximate surface area is 537 Å². The minimum atomic E-state index is -2.22. The van der Waals surface area contributed by atoms with E-state index >= 15 is 0 Å². The second-order valence-corrected chi connectivity index (χ2v) is 24.1. The highest BCUT2D eigenvalue weighted by atomic mass is 16.3. The summed E-state index contributed by atoms with van der Waals surface area (Å²) in [6.45, 7) is 6.07. The largest absolute Gasteiger partial charge is 0.456 e. The van der Waals surface area contributed by atoms with Crippen LogP contribution in [0.3, 0.4) is 0 Å². The molecule has 0 atom stereocenters.